The highest BCUT2D eigenvalue weighted by atomic mass is 19.1. The quantitative estimate of drug-likeness (QED) is 0.911. The van der Waals surface area contributed by atoms with Gasteiger partial charge in [-0.1, -0.05) is 18.6 Å². The summed E-state index contributed by atoms with van der Waals surface area (Å²) in [5.74, 6) is -0.133. The Morgan fingerprint density at radius 3 is 2.68 bits per heavy atom. The van der Waals surface area contributed by atoms with Crippen LogP contribution in [0.1, 0.15) is 43.7 Å². The maximum atomic E-state index is 13.3. The van der Waals surface area contributed by atoms with Gasteiger partial charge in [-0.3, -0.25) is 14.5 Å². The fourth-order valence-corrected chi connectivity index (χ4v) is 3.97. The molecule has 1 N–H and O–H groups in total. The third kappa shape index (κ3) is 4.00. The zero-order valence-corrected chi connectivity index (χ0v) is 14.9. The predicted molar refractivity (Wildman–Crippen MR) is 93.3 cm³/mol. The van der Waals surface area contributed by atoms with Crippen LogP contribution < -0.4 is 5.32 Å². The number of nitrogens with one attached hydrogen (secondary N) is 1. The number of carbonyl (C=O) groups is 2. The van der Waals surface area contributed by atoms with Crippen LogP contribution in [0.5, 0.6) is 0 Å². The zero-order chi connectivity index (χ0) is 18.0. The lowest BCUT2D eigenvalue weighted by Crippen LogP contribution is -2.48. The Hall–Kier alpha value is -1.95. The number of halogens is 1. The summed E-state index contributed by atoms with van der Waals surface area (Å²) in [7, 11) is 3.51. The first-order valence-corrected chi connectivity index (χ1v) is 8.96. The first-order valence-electron chi connectivity index (χ1n) is 8.96. The van der Waals surface area contributed by atoms with Gasteiger partial charge in [-0.2, -0.15) is 0 Å². The van der Waals surface area contributed by atoms with Gasteiger partial charge in [0.15, 0.2) is 0 Å². The van der Waals surface area contributed by atoms with E-state index in [0.29, 0.717) is 13.0 Å². The van der Waals surface area contributed by atoms with Crippen molar-refractivity contribution in [1.29, 1.82) is 0 Å². The van der Waals surface area contributed by atoms with Crippen molar-refractivity contribution in [2.24, 2.45) is 0 Å². The fourth-order valence-electron chi connectivity index (χ4n) is 3.97. The van der Waals surface area contributed by atoms with E-state index in [1.54, 1.807) is 31.1 Å². The summed E-state index contributed by atoms with van der Waals surface area (Å²) in [4.78, 5) is 28.2. The van der Waals surface area contributed by atoms with Crippen molar-refractivity contribution in [2.75, 3.05) is 20.6 Å². The molecule has 0 bridgehead atoms. The second-order valence-electron chi connectivity index (χ2n) is 7.25. The van der Waals surface area contributed by atoms with Crippen LogP contribution in [-0.4, -0.2) is 54.3 Å². The lowest BCUT2D eigenvalue weighted by atomic mass is 9.97. The van der Waals surface area contributed by atoms with E-state index in [1.165, 1.54) is 12.1 Å². The van der Waals surface area contributed by atoms with E-state index in [2.05, 4.69) is 10.2 Å². The van der Waals surface area contributed by atoms with Crippen LogP contribution in [0.15, 0.2) is 24.3 Å². The molecule has 3 rings (SSSR count). The number of likely N-dealkylation sites (tertiary alicyclic amines) is 1. The van der Waals surface area contributed by atoms with Crippen molar-refractivity contribution in [2.45, 2.75) is 50.2 Å². The molecule has 1 aromatic carbocycles. The summed E-state index contributed by atoms with van der Waals surface area (Å²) in [6.45, 7) is 0.312. The molecule has 0 saturated carbocycles. The number of likely N-dealkylation sites (N-methyl/N-ethyl adjacent to an activating group) is 1. The van der Waals surface area contributed by atoms with Gasteiger partial charge in [-0.25, -0.2) is 4.39 Å². The Balaban J connectivity index is 1.89. The van der Waals surface area contributed by atoms with Gasteiger partial charge in [-0.05, 0) is 37.0 Å². The van der Waals surface area contributed by atoms with Crippen LogP contribution in [0, 0.1) is 5.82 Å². The van der Waals surface area contributed by atoms with E-state index in [-0.39, 0.29) is 35.8 Å². The molecule has 6 heteroatoms. The highest BCUT2D eigenvalue weighted by molar-refractivity contribution is 5.78. The smallest absolute Gasteiger partial charge is 0.236 e. The van der Waals surface area contributed by atoms with Gasteiger partial charge in [0.25, 0.3) is 0 Å². The first-order chi connectivity index (χ1) is 12.0. The summed E-state index contributed by atoms with van der Waals surface area (Å²) < 4.78 is 13.3. The van der Waals surface area contributed by atoms with Crippen LogP contribution in [-0.2, 0) is 9.59 Å². The predicted octanol–water partition coefficient (Wildman–Crippen LogP) is 2.09. The van der Waals surface area contributed by atoms with E-state index in [1.807, 2.05) is 0 Å². The van der Waals surface area contributed by atoms with E-state index in [0.717, 1.165) is 31.2 Å². The zero-order valence-electron chi connectivity index (χ0n) is 14.9. The van der Waals surface area contributed by atoms with Crippen molar-refractivity contribution in [3.8, 4) is 0 Å². The molecule has 2 fully saturated rings. The molecule has 0 aromatic heterocycles. The van der Waals surface area contributed by atoms with Crippen LogP contribution in [0.2, 0.25) is 0 Å². The van der Waals surface area contributed by atoms with Crippen LogP contribution >= 0.6 is 0 Å². The van der Waals surface area contributed by atoms with Gasteiger partial charge in [0.1, 0.15) is 5.82 Å². The van der Waals surface area contributed by atoms with Crippen LogP contribution in [0.3, 0.4) is 0 Å². The van der Waals surface area contributed by atoms with Crippen molar-refractivity contribution >= 4 is 11.8 Å². The SMILES string of the molecule is CN(C)C(=O)CN1[C@H](c2ccc(F)cc2)C[C@H]2NC(=O)CCCC[C@@H]21. The molecule has 2 aliphatic rings. The molecule has 0 radical (unpaired) electrons. The van der Waals surface area contributed by atoms with E-state index >= 15 is 0 Å². The van der Waals surface area contributed by atoms with Gasteiger partial charge in [0.05, 0.1) is 6.54 Å². The third-order valence-electron chi connectivity index (χ3n) is 5.34. The van der Waals surface area contributed by atoms with E-state index < -0.39 is 0 Å². The standard InChI is InChI=1S/C19H26FN3O2/c1-22(2)19(25)12-23-16-5-3-4-6-18(24)21-15(16)11-17(23)13-7-9-14(20)10-8-13/h7-10,15-17H,3-6,11-12H2,1-2H3,(H,21,24)/t15-,16+,17+/m1/s1. The number of hydrogen-bond acceptors (Lipinski definition) is 3. The summed E-state index contributed by atoms with van der Waals surface area (Å²) in [6, 6.07) is 6.68. The Morgan fingerprint density at radius 2 is 2.00 bits per heavy atom. The van der Waals surface area contributed by atoms with E-state index in [4.69, 9.17) is 0 Å². The van der Waals surface area contributed by atoms with Crippen molar-refractivity contribution < 1.29 is 14.0 Å². The minimum absolute atomic E-state index is 0.0119. The first kappa shape index (κ1) is 17.9. The molecule has 0 spiro atoms. The number of fused-ring (bicyclic) bond motifs is 1. The van der Waals surface area contributed by atoms with Crippen molar-refractivity contribution in [3.05, 3.63) is 35.6 Å². The minimum atomic E-state index is -0.267. The molecular formula is C19H26FN3O2. The Kier molecular flexibility index (Phi) is 5.37. The topological polar surface area (TPSA) is 52.7 Å². The second-order valence-corrected chi connectivity index (χ2v) is 7.25. The van der Waals surface area contributed by atoms with Gasteiger partial charge in [0, 0.05) is 38.6 Å². The monoisotopic (exact) mass is 347 g/mol. The Morgan fingerprint density at radius 1 is 1.28 bits per heavy atom. The molecule has 2 aliphatic heterocycles. The van der Waals surface area contributed by atoms with Gasteiger partial charge in [-0.15, -0.1) is 0 Å². The van der Waals surface area contributed by atoms with Crippen molar-refractivity contribution in [3.63, 3.8) is 0 Å². The number of rotatable bonds is 3. The molecule has 136 valence electrons. The number of hydrogen-bond donors (Lipinski definition) is 1. The largest absolute Gasteiger partial charge is 0.352 e. The average molecular weight is 347 g/mol. The molecule has 2 saturated heterocycles. The second kappa shape index (κ2) is 7.52. The Labute approximate surface area is 148 Å². The number of carbonyl (C=O) groups excluding carboxylic acids is 2. The lowest BCUT2D eigenvalue weighted by Gasteiger charge is -2.33. The molecule has 2 heterocycles. The fraction of sp³-hybridized carbons (Fsp3) is 0.579. The molecule has 2 amide bonds. The molecule has 5 nitrogen and oxygen atoms in total. The van der Waals surface area contributed by atoms with Gasteiger partial charge >= 0.3 is 0 Å². The summed E-state index contributed by atoms with van der Waals surface area (Å²) in [5.41, 5.74) is 0.994. The number of benzene rings is 1. The third-order valence-corrected chi connectivity index (χ3v) is 5.34. The molecule has 0 unspecified atom stereocenters. The molecular weight excluding hydrogens is 321 g/mol. The summed E-state index contributed by atoms with van der Waals surface area (Å²) in [6.07, 6.45) is 4.15. The molecule has 3 atom stereocenters. The highest BCUT2D eigenvalue weighted by Crippen LogP contribution is 2.39. The molecule has 1 aromatic rings. The van der Waals surface area contributed by atoms with Crippen LogP contribution in [0.4, 0.5) is 4.39 Å². The lowest BCUT2D eigenvalue weighted by molar-refractivity contribution is -0.130. The average Bonchev–Trinajstić information content (AvgIpc) is 2.87. The minimum Gasteiger partial charge on any atom is -0.352 e. The van der Waals surface area contributed by atoms with Crippen LogP contribution in [0.25, 0.3) is 0 Å². The number of amides is 2. The van der Waals surface area contributed by atoms with E-state index in [9.17, 15) is 14.0 Å². The maximum Gasteiger partial charge on any atom is 0.236 e. The van der Waals surface area contributed by atoms with Gasteiger partial charge in [0.2, 0.25) is 11.8 Å². The van der Waals surface area contributed by atoms with Gasteiger partial charge < -0.3 is 10.2 Å². The number of nitrogens with zero attached hydrogens (tertiary/aromatic N) is 2. The molecule has 0 aliphatic carbocycles. The summed E-state index contributed by atoms with van der Waals surface area (Å²) >= 11 is 0. The maximum absolute atomic E-state index is 13.3. The van der Waals surface area contributed by atoms with Crippen molar-refractivity contribution in [1.82, 2.24) is 15.1 Å². The molecule has 25 heavy (non-hydrogen) atoms. The normalized spacial score (nSPS) is 27.2. The summed E-state index contributed by atoms with van der Waals surface area (Å²) in [5, 5.41) is 3.14. The highest BCUT2D eigenvalue weighted by Gasteiger charge is 2.43. The Bertz CT molecular complexity index is 632.